The highest BCUT2D eigenvalue weighted by molar-refractivity contribution is 5.54. The Morgan fingerprint density at radius 2 is 2.00 bits per heavy atom. The largest absolute Gasteiger partial charge is 0.446 e. The minimum Gasteiger partial charge on any atom is -0.446 e. The van der Waals surface area contributed by atoms with Crippen LogP contribution < -0.4 is 16.2 Å². The maximum absolute atomic E-state index is 10.7. The number of hydrogen-bond acceptors (Lipinski definition) is 4. The highest BCUT2D eigenvalue weighted by Crippen LogP contribution is 2.50. The summed E-state index contributed by atoms with van der Waals surface area (Å²) < 4.78 is 5.55. The predicted molar refractivity (Wildman–Crippen MR) is 82.4 cm³/mol. The second kappa shape index (κ2) is 4.44. The van der Waals surface area contributed by atoms with Gasteiger partial charge in [-0.1, -0.05) is 30.7 Å². The third-order valence-electron chi connectivity index (χ3n) is 4.54. The Morgan fingerprint density at radius 3 is 2.71 bits per heavy atom. The van der Waals surface area contributed by atoms with Crippen LogP contribution in [0.2, 0.25) is 0 Å². The van der Waals surface area contributed by atoms with Gasteiger partial charge in [0.25, 0.3) is 5.91 Å². The van der Waals surface area contributed by atoms with Crippen molar-refractivity contribution in [2.45, 2.75) is 38.6 Å². The number of hydrogen-bond donors (Lipinski definition) is 3. The summed E-state index contributed by atoms with van der Waals surface area (Å²) in [7, 11) is 0. The van der Waals surface area contributed by atoms with Crippen molar-refractivity contribution in [2.75, 3.05) is 0 Å². The quantitative estimate of drug-likeness (QED) is 0.690. The van der Waals surface area contributed by atoms with Crippen molar-refractivity contribution in [2.24, 2.45) is 17.4 Å². The van der Waals surface area contributed by atoms with E-state index >= 15 is 0 Å². The number of nitrogens with two attached hydrogens (primary N) is 2. The molecule has 1 aromatic carbocycles. The molecule has 0 amide bonds. The lowest BCUT2D eigenvalue weighted by atomic mass is 9.73. The topological polar surface area (TPSA) is 81.5 Å². The van der Waals surface area contributed by atoms with E-state index in [9.17, 15) is 5.11 Å². The Hall–Kier alpha value is -1.62. The summed E-state index contributed by atoms with van der Waals surface area (Å²) in [6.07, 6.45) is 4.95. The summed E-state index contributed by atoms with van der Waals surface area (Å²) in [6, 6.07) is 5.68. The number of aryl methyl sites for hydroxylation is 1. The molecule has 1 aromatic rings. The Bertz CT molecular complexity index is 661. The van der Waals surface area contributed by atoms with E-state index in [0.29, 0.717) is 11.7 Å². The molecule has 1 aliphatic heterocycles. The molecule has 3 atom stereocenters. The monoisotopic (exact) mass is 286 g/mol. The Labute approximate surface area is 125 Å². The molecule has 0 radical (unpaired) electrons. The molecular weight excluding hydrogens is 264 g/mol. The molecule has 21 heavy (non-hydrogen) atoms. The fourth-order valence-electron chi connectivity index (χ4n) is 3.29. The van der Waals surface area contributed by atoms with Crippen LogP contribution in [0.15, 0.2) is 41.5 Å². The van der Waals surface area contributed by atoms with E-state index in [0.717, 1.165) is 28.7 Å². The van der Waals surface area contributed by atoms with E-state index in [1.165, 1.54) is 0 Å². The van der Waals surface area contributed by atoms with Gasteiger partial charge in [-0.2, -0.15) is 0 Å². The van der Waals surface area contributed by atoms with Crippen molar-refractivity contribution < 1.29 is 9.84 Å². The van der Waals surface area contributed by atoms with E-state index in [2.05, 4.69) is 13.0 Å². The first-order chi connectivity index (χ1) is 9.75. The van der Waals surface area contributed by atoms with Crippen molar-refractivity contribution >= 4 is 0 Å². The van der Waals surface area contributed by atoms with Gasteiger partial charge < -0.3 is 15.6 Å². The van der Waals surface area contributed by atoms with Gasteiger partial charge in [-0.05, 0) is 49.5 Å². The van der Waals surface area contributed by atoms with Crippen molar-refractivity contribution in [1.29, 1.82) is 0 Å². The normalized spacial score (nSPS) is 34.9. The summed E-state index contributed by atoms with van der Waals surface area (Å²) >= 11 is 0. The highest BCUT2D eigenvalue weighted by Gasteiger charge is 2.58. The van der Waals surface area contributed by atoms with Crippen molar-refractivity contribution in [3.8, 4) is 5.75 Å². The minimum atomic E-state index is -1.94. The Balaban J connectivity index is 2.24. The summed E-state index contributed by atoms with van der Waals surface area (Å²) in [6.45, 7) is 6.10. The number of fused-ring (bicyclic) bond motifs is 1. The lowest BCUT2D eigenvalue weighted by Crippen LogP contribution is -2.64. The van der Waals surface area contributed by atoms with Crippen LogP contribution >= 0.6 is 0 Å². The molecule has 2 aliphatic rings. The highest BCUT2D eigenvalue weighted by atomic mass is 16.6. The summed E-state index contributed by atoms with van der Waals surface area (Å²) in [4.78, 5) is 0. The van der Waals surface area contributed by atoms with E-state index < -0.39 is 11.4 Å². The van der Waals surface area contributed by atoms with E-state index in [1.807, 2.05) is 38.1 Å². The van der Waals surface area contributed by atoms with Gasteiger partial charge in [0.15, 0.2) is 0 Å². The van der Waals surface area contributed by atoms with E-state index in [4.69, 9.17) is 16.2 Å². The van der Waals surface area contributed by atoms with Crippen molar-refractivity contribution in [3.63, 3.8) is 0 Å². The maximum Gasteiger partial charge on any atom is 0.292 e. The van der Waals surface area contributed by atoms with Crippen LogP contribution in [-0.2, 0) is 5.54 Å². The number of allylic oxidation sites excluding steroid dienone is 3. The molecule has 0 saturated heterocycles. The molecular formula is C17H22N2O2. The van der Waals surface area contributed by atoms with Gasteiger partial charge in [-0.15, -0.1) is 0 Å². The predicted octanol–water partition coefficient (Wildman–Crippen LogP) is 2.06. The average molecular weight is 286 g/mol. The molecule has 0 bridgehead atoms. The molecule has 0 spiro atoms. The number of aliphatic hydroxyl groups is 1. The van der Waals surface area contributed by atoms with Gasteiger partial charge in [0.2, 0.25) is 0 Å². The zero-order chi connectivity index (χ0) is 15.4. The van der Waals surface area contributed by atoms with E-state index in [1.54, 1.807) is 0 Å². The molecule has 1 heterocycles. The van der Waals surface area contributed by atoms with Crippen molar-refractivity contribution in [1.82, 2.24) is 0 Å². The summed E-state index contributed by atoms with van der Waals surface area (Å²) in [5.74, 6) is -1.03. The average Bonchev–Trinajstić information content (AvgIpc) is 2.61. The summed E-state index contributed by atoms with van der Waals surface area (Å²) in [5.41, 5.74) is 15.3. The maximum atomic E-state index is 10.7. The van der Waals surface area contributed by atoms with Crippen LogP contribution in [0.1, 0.15) is 31.4 Å². The second-order valence-corrected chi connectivity index (χ2v) is 6.31. The lowest BCUT2D eigenvalue weighted by Gasteiger charge is -2.39. The van der Waals surface area contributed by atoms with Crippen LogP contribution in [0.25, 0.3) is 0 Å². The zero-order valence-electron chi connectivity index (χ0n) is 12.7. The molecule has 4 heteroatoms. The van der Waals surface area contributed by atoms with Crippen LogP contribution in [0, 0.1) is 12.8 Å². The first-order valence-corrected chi connectivity index (χ1v) is 7.24. The molecule has 112 valence electrons. The molecule has 4 nitrogen and oxygen atoms in total. The number of ether oxygens (including phenoxy) is 1. The molecule has 1 aliphatic carbocycles. The van der Waals surface area contributed by atoms with Gasteiger partial charge in [-0.3, -0.25) is 5.73 Å². The van der Waals surface area contributed by atoms with Crippen LogP contribution in [0.4, 0.5) is 0 Å². The minimum absolute atomic E-state index is 0.355. The lowest BCUT2D eigenvalue weighted by molar-refractivity contribution is -0.158. The second-order valence-electron chi connectivity index (χ2n) is 6.31. The third kappa shape index (κ3) is 1.94. The first kappa shape index (κ1) is 14.3. The molecule has 0 saturated carbocycles. The molecule has 0 fully saturated rings. The standard InChI is InChI=1S/C17H22N2O2/c1-10-4-6-12(3)13(8-10)16(18)14-9-11(2)5-7-15(14)21-17(16,19)20/h4-7,9-10,20H,8,18-19H2,1-3H3. The van der Waals surface area contributed by atoms with Gasteiger partial charge in [-0.25, -0.2) is 0 Å². The SMILES string of the molecule is CC1=C(C2(N)c3cc(C)ccc3OC2(N)O)CC(C)C=C1. The number of rotatable bonds is 1. The zero-order valence-corrected chi connectivity index (χ0v) is 12.7. The number of benzene rings is 1. The van der Waals surface area contributed by atoms with Crippen LogP contribution in [-0.4, -0.2) is 11.0 Å². The fraction of sp³-hybridized carbons (Fsp3) is 0.412. The van der Waals surface area contributed by atoms with Crippen LogP contribution in [0.5, 0.6) is 5.75 Å². The molecule has 3 unspecified atom stereocenters. The fourth-order valence-corrected chi connectivity index (χ4v) is 3.29. The van der Waals surface area contributed by atoms with Gasteiger partial charge >= 0.3 is 0 Å². The molecule has 5 N–H and O–H groups in total. The van der Waals surface area contributed by atoms with Crippen LogP contribution in [0.3, 0.4) is 0 Å². The first-order valence-electron chi connectivity index (χ1n) is 7.24. The Morgan fingerprint density at radius 1 is 1.29 bits per heavy atom. The Kier molecular flexibility index (Phi) is 3.03. The summed E-state index contributed by atoms with van der Waals surface area (Å²) in [5, 5.41) is 10.7. The third-order valence-corrected chi connectivity index (χ3v) is 4.54. The van der Waals surface area contributed by atoms with Gasteiger partial charge in [0.05, 0.1) is 0 Å². The van der Waals surface area contributed by atoms with Gasteiger partial charge in [0, 0.05) is 5.56 Å². The van der Waals surface area contributed by atoms with Crippen molar-refractivity contribution in [3.05, 3.63) is 52.6 Å². The van der Waals surface area contributed by atoms with E-state index in [-0.39, 0.29) is 0 Å². The molecule has 3 rings (SSSR count). The van der Waals surface area contributed by atoms with Gasteiger partial charge in [0.1, 0.15) is 11.3 Å². The smallest absolute Gasteiger partial charge is 0.292 e. The molecule has 0 aromatic heterocycles.